The molecule has 8 heteroatoms. The van der Waals surface area contributed by atoms with Crippen molar-refractivity contribution < 1.29 is 9.53 Å². The highest BCUT2D eigenvalue weighted by molar-refractivity contribution is 9.10. The largest absolute Gasteiger partial charge is 0.477 e. The highest BCUT2D eigenvalue weighted by atomic mass is 79.9. The van der Waals surface area contributed by atoms with Crippen molar-refractivity contribution in [2.45, 2.75) is 19.9 Å². The van der Waals surface area contributed by atoms with Gasteiger partial charge in [0.15, 0.2) is 0 Å². The Kier molecular flexibility index (Phi) is 5.95. The summed E-state index contributed by atoms with van der Waals surface area (Å²) in [6.07, 6.45) is 4.71. The fraction of sp³-hybridized carbons (Fsp3) is 0.222. The van der Waals surface area contributed by atoms with Crippen molar-refractivity contribution in [1.29, 1.82) is 0 Å². The lowest BCUT2D eigenvalue weighted by Gasteiger charge is -2.13. The summed E-state index contributed by atoms with van der Waals surface area (Å²) in [5.74, 6) is 0.268. The first kappa shape index (κ1) is 18.5. The van der Waals surface area contributed by atoms with Gasteiger partial charge >= 0.3 is 0 Å². The van der Waals surface area contributed by atoms with Crippen molar-refractivity contribution in [1.82, 2.24) is 20.3 Å². The molecule has 134 valence electrons. The molecule has 0 fully saturated rings. The molecule has 0 saturated heterocycles. The molecule has 0 radical (unpaired) electrons. The SMILES string of the molecule is CCOc1cncc(-c2ncc(C(=O)N[C@H](C)c3cccc(Br)c3)s2)n1. The molecule has 0 aliphatic rings. The van der Waals surface area contributed by atoms with Crippen LogP contribution in [-0.4, -0.2) is 27.5 Å². The third kappa shape index (κ3) is 4.44. The first-order chi connectivity index (χ1) is 12.6. The van der Waals surface area contributed by atoms with Crippen LogP contribution in [0.1, 0.15) is 35.1 Å². The molecule has 1 atom stereocenters. The zero-order valence-electron chi connectivity index (χ0n) is 14.3. The van der Waals surface area contributed by atoms with Crippen LogP contribution in [0.3, 0.4) is 0 Å². The van der Waals surface area contributed by atoms with E-state index < -0.39 is 0 Å². The molecule has 1 N–H and O–H groups in total. The van der Waals surface area contributed by atoms with E-state index in [1.807, 2.05) is 38.1 Å². The predicted molar refractivity (Wildman–Crippen MR) is 104 cm³/mol. The maximum atomic E-state index is 12.5. The van der Waals surface area contributed by atoms with Crippen molar-refractivity contribution in [2.75, 3.05) is 6.61 Å². The Morgan fingerprint density at radius 2 is 2.19 bits per heavy atom. The third-order valence-corrected chi connectivity index (χ3v) is 5.06. The molecule has 0 aliphatic heterocycles. The number of carbonyl (C=O) groups excluding carboxylic acids is 1. The Morgan fingerprint density at radius 1 is 1.35 bits per heavy atom. The molecule has 3 aromatic rings. The average Bonchev–Trinajstić information content (AvgIpc) is 3.12. The van der Waals surface area contributed by atoms with E-state index in [0.29, 0.717) is 28.1 Å². The summed E-state index contributed by atoms with van der Waals surface area (Å²) in [5.41, 5.74) is 1.60. The average molecular weight is 433 g/mol. The summed E-state index contributed by atoms with van der Waals surface area (Å²) >= 11 is 4.71. The van der Waals surface area contributed by atoms with Crippen LogP contribution in [-0.2, 0) is 0 Å². The Balaban J connectivity index is 1.73. The molecule has 0 saturated carbocycles. The molecule has 0 unspecified atom stereocenters. The minimum Gasteiger partial charge on any atom is -0.477 e. The number of hydrogen-bond donors (Lipinski definition) is 1. The number of aromatic nitrogens is 3. The Hall–Kier alpha value is -2.32. The van der Waals surface area contributed by atoms with Gasteiger partial charge in [-0.1, -0.05) is 28.1 Å². The van der Waals surface area contributed by atoms with Crippen molar-refractivity contribution in [3.8, 4) is 16.6 Å². The molecule has 26 heavy (non-hydrogen) atoms. The molecule has 6 nitrogen and oxygen atoms in total. The van der Waals surface area contributed by atoms with Crippen molar-refractivity contribution in [2.24, 2.45) is 0 Å². The lowest BCUT2D eigenvalue weighted by Crippen LogP contribution is -2.25. The van der Waals surface area contributed by atoms with Gasteiger partial charge in [-0.05, 0) is 31.5 Å². The normalized spacial score (nSPS) is 11.8. The lowest BCUT2D eigenvalue weighted by atomic mass is 10.1. The quantitative estimate of drug-likeness (QED) is 0.629. The number of halogens is 1. The van der Waals surface area contributed by atoms with Gasteiger partial charge in [0.2, 0.25) is 5.88 Å². The number of ether oxygens (including phenoxy) is 1. The number of carbonyl (C=O) groups is 1. The second-order valence-corrected chi connectivity index (χ2v) is 7.40. The predicted octanol–water partition coefficient (Wildman–Crippen LogP) is 4.25. The van der Waals surface area contributed by atoms with E-state index >= 15 is 0 Å². The zero-order valence-corrected chi connectivity index (χ0v) is 16.7. The lowest BCUT2D eigenvalue weighted by molar-refractivity contribution is 0.0944. The summed E-state index contributed by atoms with van der Waals surface area (Å²) in [4.78, 5) is 25.8. The van der Waals surface area contributed by atoms with Gasteiger partial charge in [0.1, 0.15) is 15.6 Å². The molecule has 0 aliphatic carbocycles. The van der Waals surface area contributed by atoms with Gasteiger partial charge < -0.3 is 10.1 Å². The summed E-state index contributed by atoms with van der Waals surface area (Å²) in [5, 5.41) is 3.61. The van der Waals surface area contributed by atoms with E-state index in [4.69, 9.17) is 4.74 Å². The van der Waals surface area contributed by atoms with E-state index in [0.717, 1.165) is 10.0 Å². The minimum atomic E-state index is -0.171. The van der Waals surface area contributed by atoms with Crippen LogP contribution in [0.2, 0.25) is 0 Å². The van der Waals surface area contributed by atoms with Crippen LogP contribution in [0.5, 0.6) is 5.88 Å². The molecule has 2 aromatic heterocycles. The maximum Gasteiger partial charge on any atom is 0.263 e. The van der Waals surface area contributed by atoms with E-state index in [1.165, 1.54) is 11.3 Å². The molecular weight excluding hydrogens is 416 g/mol. The monoisotopic (exact) mass is 432 g/mol. The molecule has 2 heterocycles. The number of benzene rings is 1. The summed E-state index contributed by atoms with van der Waals surface area (Å²) in [6.45, 7) is 4.34. The Labute approximate surface area is 163 Å². The molecule has 1 amide bonds. The molecule has 0 bridgehead atoms. The van der Waals surface area contributed by atoms with Gasteiger partial charge in [0, 0.05) is 4.47 Å². The Morgan fingerprint density at radius 3 is 2.96 bits per heavy atom. The van der Waals surface area contributed by atoms with Crippen molar-refractivity contribution in [3.63, 3.8) is 0 Å². The number of nitrogens with one attached hydrogen (secondary N) is 1. The van der Waals surface area contributed by atoms with Crippen LogP contribution in [0.25, 0.3) is 10.7 Å². The van der Waals surface area contributed by atoms with Gasteiger partial charge in [-0.2, -0.15) is 0 Å². The van der Waals surface area contributed by atoms with E-state index in [9.17, 15) is 4.79 Å². The van der Waals surface area contributed by atoms with Crippen LogP contribution in [0.4, 0.5) is 0 Å². The van der Waals surface area contributed by atoms with Crippen LogP contribution in [0, 0.1) is 0 Å². The molecule has 3 rings (SSSR count). The topological polar surface area (TPSA) is 77.0 Å². The minimum absolute atomic E-state index is 0.119. The number of rotatable bonds is 6. The second kappa shape index (κ2) is 8.37. The van der Waals surface area contributed by atoms with E-state index in [2.05, 4.69) is 36.2 Å². The summed E-state index contributed by atoms with van der Waals surface area (Å²) < 4.78 is 6.33. The van der Waals surface area contributed by atoms with Gasteiger partial charge in [-0.25, -0.2) is 9.97 Å². The highest BCUT2D eigenvalue weighted by Crippen LogP contribution is 2.25. The number of hydrogen-bond acceptors (Lipinski definition) is 6. The molecular formula is C18H17BrN4O2S. The zero-order chi connectivity index (χ0) is 18.5. The van der Waals surface area contributed by atoms with E-state index in [-0.39, 0.29) is 11.9 Å². The molecule has 0 spiro atoms. The van der Waals surface area contributed by atoms with Crippen molar-refractivity contribution >= 4 is 33.2 Å². The van der Waals surface area contributed by atoms with Gasteiger partial charge in [0.25, 0.3) is 5.91 Å². The van der Waals surface area contributed by atoms with Crippen LogP contribution >= 0.6 is 27.3 Å². The number of nitrogens with zero attached hydrogens (tertiary/aromatic N) is 3. The third-order valence-electron chi connectivity index (χ3n) is 3.55. The fourth-order valence-electron chi connectivity index (χ4n) is 2.29. The smallest absolute Gasteiger partial charge is 0.263 e. The summed E-state index contributed by atoms with van der Waals surface area (Å²) in [6, 6.07) is 7.73. The first-order valence-corrected chi connectivity index (χ1v) is 9.65. The van der Waals surface area contributed by atoms with Gasteiger partial charge in [0.05, 0.1) is 31.2 Å². The van der Waals surface area contributed by atoms with Crippen LogP contribution < -0.4 is 10.1 Å². The number of thiazole rings is 1. The van der Waals surface area contributed by atoms with Crippen molar-refractivity contribution in [3.05, 3.63) is 57.8 Å². The van der Waals surface area contributed by atoms with E-state index in [1.54, 1.807) is 18.6 Å². The highest BCUT2D eigenvalue weighted by Gasteiger charge is 2.16. The van der Waals surface area contributed by atoms with Gasteiger partial charge in [-0.3, -0.25) is 9.78 Å². The fourth-order valence-corrected chi connectivity index (χ4v) is 3.48. The first-order valence-electron chi connectivity index (χ1n) is 8.04. The van der Waals surface area contributed by atoms with Gasteiger partial charge in [-0.15, -0.1) is 11.3 Å². The summed E-state index contributed by atoms with van der Waals surface area (Å²) in [7, 11) is 0. The van der Waals surface area contributed by atoms with Crippen LogP contribution in [0.15, 0.2) is 47.3 Å². The number of amides is 1. The maximum absolute atomic E-state index is 12.5. The second-order valence-electron chi connectivity index (χ2n) is 5.46. The molecule has 1 aromatic carbocycles. The Bertz CT molecular complexity index is 915. The standard InChI is InChI=1S/C18H17BrN4O2S/c1-3-25-16-10-20-8-14(23-16)18-21-9-15(26-18)17(24)22-11(2)12-5-4-6-13(19)7-12/h4-11H,3H2,1-2H3,(H,22,24)/t11-/m1/s1.